The van der Waals surface area contributed by atoms with E-state index in [4.69, 9.17) is 5.11 Å². The Morgan fingerprint density at radius 1 is 1.00 bits per heavy atom. The van der Waals surface area contributed by atoms with Gasteiger partial charge in [0, 0.05) is 19.2 Å². The molecule has 1 aliphatic rings. The van der Waals surface area contributed by atoms with Crippen LogP contribution in [0.25, 0.3) is 0 Å². The highest BCUT2D eigenvalue weighted by molar-refractivity contribution is 5.85. The molecule has 0 aromatic rings. The van der Waals surface area contributed by atoms with Gasteiger partial charge < -0.3 is 30.8 Å². The first-order valence-electron chi connectivity index (χ1n) is 5.14. The highest BCUT2D eigenvalue weighted by atomic mass is 35.5. The van der Waals surface area contributed by atoms with Gasteiger partial charge in [-0.2, -0.15) is 0 Å². The van der Waals surface area contributed by atoms with Crippen LogP contribution < -0.4 is 5.32 Å². The van der Waals surface area contributed by atoms with Crippen molar-refractivity contribution < 1.29 is 25.5 Å². The lowest BCUT2D eigenvalue weighted by molar-refractivity contribution is -0.0961. The van der Waals surface area contributed by atoms with Crippen LogP contribution >= 0.6 is 12.4 Å². The third-order valence-electron chi connectivity index (χ3n) is 2.77. The second kappa shape index (κ2) is 7.39. The summed E-state index contributed by atoms with van der Waals surface area (Å²) in [4.78, 5) is 0. The Kier molecular flexibility index (Phi) is 7.41. The topological polar surface area (TPSA) is 113 Å². The van der Waals surface area contributed by atoms with E-state index in [0.29, 0.717) is 12.8 Å². The molecule has 0 saturated carbocycles. The van der Waals surface area contributed by atoms with E-state index in [2.05, 4.69) is 5.32 Å². The first kappa shape index (κ1) is 16.1. The van der Waals surface area contributed by atoms with Crippen LogP contribution in [0.5, 0.6) is 0 Å². The Balaban J connectivity index is 0.00000225. The van der Waals surface area contributed by atoms with Crippen molar-refractivity contribution in [2.24, 2.45) is 0 Å². The minimum atomic E-state index is -1.36. The van der Waals surface area contributed by atoms with Crippen molar-refractivity contribution in [1.29, 1.82) is 0 Å². The number of hydrogen-bond acceptors (Lipinski definition) is 6. The molecule has 1 rings (SSSR count). The molecular formula is C9H20ClNO5. The van der Waals surface area contributed by atoms with Gasteiger partial charge in [-0.15, -0.1) is 12.4 Å². The molecule has 98 valence electrons. The number of halogens is 1. The summed E-state index contributed by atoms with van der Waals surface area (Å²) in [5, 5.41) is 49.4. The minimum Gasteiger partial charge on any atom is -0.396 e. The molecule has 0 aromatic heterocycles. The Bertz CT molecular complexity index is 197. The molecule has 5 atom stereocenters. The summed E-state index contributed by atoms with van der Waals surface area (Å²) in [5.41, 5.74) is 0. The van der Waals surface area contributed by atoms with Gasteiger partial charge in [-0.05, 0) is 12.8 Å². The SMILES string of the molecule is Cl.OCCC[C@@H]1NC[C@H](O)[C@@H](O)[C@H](O)[C@H]1O. The predicted octanol–water partition coefficient (Wildman–Crippen LogP) is -2.40. The van der Waals surface area contributed by atoms with E-state index in [1.54, 1.807) is 0 Å². The molecule has 0 aliphatic carbocycles. The maximum absolute atomic E-state index is 9.67. The maximum Gasteiger partial charge on any atom is 0.110 e. The molecule has 1 aliphatic heterocycles. The molecule has 0 radical (unpaired) electrons. The van der Waals surface area contributed by atoms with Crippen LogP contribution in [0.3, 0.4) is 0 Å². The van der Waals surface area contributed by atoms with Crippen molar-refractivity contribution in [3.63, 3.8) is 0 Å². The molecule has 0 bridgehead atoms. The number of aliphatic hydroxyl groups excluding tert-OH is 5. The van der Waals surface area contributed by atoms with Crippen molar-refractivity contribution in [2.45, 2.75) is 43.3 Å². The normalized spacial score (nSPS) is 39.9. The monoisotopic (exact) mass is 257 g/mol. The molecule has 6 nitrogen and oxygen atoms in total. The Labute approximate surface area is 100 Å². The molecular weight excluding hydrogens is 238 g/mol. The summed E-state index contributed by atoms with van der Waals surface area (Å²) in [7, 11) is 0. The van der Waals surface area contributed by atoms with Crippen LogP contribution in [-0.4, -0.2) is 69.1 Å². The van der Waals surface area contributed by atoms with E-state index in [9.17, 15) is 20.4 Å². The molecule has 0 unspecified atom stereocenters. The molecule has 6 N–H and O–H groups in total. The summed E-state index contributed by atoms with van der Waals surface area (Å²) in [5.74, 6) is 0. The summed E-state index contributed by atoms with van der Waals surface area (Å²) in [6.45, 7) is 0.123. The van der Waals surface area contributed by atoms with Crippen molar-refractivity contribution in [1.82, 2.24) is 5.32 Å². The van der Waals surface area contributed by atoms with E-state index in [0.717, 1.165) is 0 Å². The van der Waals surface area contributed by atoms with Gasteiger partial charge in [0.15, 0.2) is 0 Å². The number of aliphatic hydroxyl groups is 5. The molecule has 0 amide bonds. The standard InChI is InChI=1S/C9H19NO5.ClH/c11-3-1-2-5-7(13)9(15)8(14)6(12)4-10-5;/h5-15H,1-4H2;1H/t5-,6-,7-,8+,9+;/m0./s1. The van der Waals surface area contributed by atoms with Crippen molar-refractivity contribution in [3.8, 4) is 0 Å². The van der Waals surface area contributed by atoms with Gasteiger partial charge in [0.2, 0.25) is 0 Å². The minimum absolute atomic E-state index is 0. The molecule has 0 spiro atoms. The summed E-state index contributed by atoms with van der Waals surface area (Å²) < 4.78 is 0. The quantitative estimate of drug-likeness (QED) is 0.336. The van der Waals surface area contributed by atoms with Crippen LogP contribution in [0.15, 0.2) is 0 Å². The van der Waals surface area contributed by atoms with Crippen LogP contribution in [0.1, 0.15) is 12.8 Å². The number of rotatable bonds is 3. The Morgan fingerprint density at radius 2 is 1.62 bits per heavy atom. The molecule has 1 fully saturated rings. The van der Waals surface area contributed by atoms with Gasteiger partial charge in [-0.1, -0.05) is 0 Å². The molecule has 1 saturated heterocycles. The van der Waals surface area contributed by atoms with Crippen LogP contribution in [0, 0.1) is 0 Å². The molecule has 16 heavy (non-hydrogen) atoms. The van der Waals surface area contributed by atoms with Crippen LogP contribution in [0.4, 0.5) is 0 Å². The van der Waals surface area contributed by atoms with Gasteiger partial charge in [0.1, 0.15) is 12.2 Å². The van der Waals surface area contributed by atoms with Crippen molar-refractivity contribution in [3.05, 3.63) is 0 Å². The zero-order valence-electron chi connectivity index (χ0n) is 8.86. The average molecular weight is 258 g/mol. The van der Waals surface area contributed by atoms with Gasteiger partial charge in [0.05, 0.1) is 12.2 Å². The highest BCUT2D eigenvalue weighted by Gasteiger charge is 2.37. The summed E-state index contributed by atoms with van der Waals surface area (Å²) >= 11 is 0. The first-order valence-corrected chi connectivity index (χ1v) is 5.14. The van der Waals surface area contributed by atoms with Gasteiger partial charge >= 0.3 is 0 Å². The number of hydrogen-bond donors (Lipinski definition) is 6. The fourth-order valence-corrected chi connectivity index (χ4v) is 1.77. The fourth-order valence-electron chi connectivity index (χ4n) is 1.77. The summed E-state index contributed by atoms with van der Waals surface area (Å²) in [6, 6.07) is -0.418. The highest BCUT2D eigenvalue weighted by Crippen LogP contribution is 2.15. The Morgan fingerprint density at radius 3 is 2.19 bits per heavy atom. The van der Waals surface area contributed by atoms with Crippen LogP contribution in [0.2, 0.25) is 0 Å². The zero-order valence-corrected chi connectivity index (χ0v) is 9.68. The van der Waals surface area contributed by atoms with Gasteiger partial charge in [0.25, 0.3) is 0 Å². The Hall–Kier alpha value is 0.0500. The predicted molar refractivity (Wildman–Crippen MR) is 59.4 cm³/mol. The lowest BCUT2D eigenvalue weighted by Crippen LogP contribution is -2.47. The van der Waals surface area contributed by atoms with E-state index in [1.165, 1.54) is 0 Å². The van der Waals surface area contributed by atoms with Crippen molar-refractivity contribution in [2.75, 3.05) is 13.2 Å². The van der Waals surface area contributed by atoms with E-state index in [-0.39, 0.29) is 25.6 Å². The second-order valence-electron chi connectivity index (χ2n) is 3.92. The largest absolute Gasteiger partial charge is 0.396 e. The number of β-amino-alcohol motifs (C(OH)–C–C–N with tert-alkyl or cyclic N) is 1. The van der Waals surface area contributed by atoms with E-state index >= 15 is 0 Å². The molecule has 0 aromatic carbocycles. The third kappa shape index (κ3) is 3.81. The fraction of sp³-hybridized carbons (Fsp3) is 1.00. The zero-order chi connectivity index (χ0) is 11.4. The van der Waals surface area contributed by atoms with E-state index < -0.39 is 30.5 Å². The third-order valence-corrected chi connectivity index (χ3v) is 2.77. The smallest absolute Gasteiger partial charge is 0.110 e. The first-order chi connectivity index (χ1) is 7.07. The van der Waals surface area contributed by atoms with E-state index in [1.807, 2.05) is 0 Å². The molecule has 7 heteroatoms. The summed E-state index contributed by atoms with van der Waals surface area (Å²) in [6.07, 6.45) is -3.95. The number of nitrogens with one attached hydrogen (secondary N) is 1. The second-order valence-corrected chi connectivity index (χ2v) is 3.92. The van der Waals surface area contributed by atoms with Gasteiger partial charge in [-0.25, -0.2) is 0 Å². The van der Waals surface area contributed by atoms with Gasteiger partial charge in [-0.3, -0.25) is 0 Å². The average Bonchev–Trinajstić information content (AvgIpc) is 2.32. The van der Waals surface area contributed by atoms with Crippen LogP contribution in [-0.2, 0) is 0 Å². The molecule has 1 heterocycles. The lowest BCUT2D eigenvalue weighted by atomic mass is 9.98. The van der Waals surface area contributed by atoms with Crippen molar-refractivity contribution >= 4 is 12.4 Å². The maximum atomic E-state index is 9.67. The lowest BCUT2D eigenvalue weighted by Gasteiger charge is -2.25.